The molecule has 0 aliphatic rings. The second-order valence-corrected chi connectivity index (χ2v) is 4.18. The lowest BCUT2D eigenvalue weighted by molar-refractivity contribution is -0.525. The molecule has 1 N–H and O–H groups in total. The Morgan fingerprint density at radius 3 is 2.24 bits per heavy atom. The number of unbranched alkanes of at least 4 members (excludes halogenated alkanes) is 2. The van der Waals surface area contributed by atoms with E-state index in [1.165, 1.54) is 0 Å². The average molecular weight is 248 g/mol. The lowest BCUT2D eigenvalue weighted by Crippen LogP contribution is -2.25. The van der Waals surface area contributed by atoms with Crippen LogP contribution in [0.3, 0.4) is 0 Å². The zero-order chi connectivity index (χ0) is 13.3. The standard InChI is InChI=1S/C10H20N2O5/c1-2-3-4-5-9(12(16)17)6-7-10(13)8-11(14)15/h9-10,13H,2-8H2,1H3. The van der Waals surface area contributed by atoms with Crippen LogP contribution in [-0.2, 0) is 0 Å². The fourth-order valence-corrected chi connectivity index (χ4v) is 1.63. The summed E-state index contributed by atoms with van der Waals surface area (Å²) in [5.41, 5.74) is 0. The smallest absolute Gasteiger partial charge is 0.229 e. The molecule has 0 aromatic carbocycles. The van der Waals surface area contributed by atoms with Crippen molar-refractivity contribution in [2.24, 2.45) is 0 Å². The maximum absolute atomic E-state index is 10.7. The van der Waals surface area contributed by atoms with E-state index in [-0.39, 0.29) is 17.8 Å². The number of aliphatic hydroxyl groups excluding tert-OH is 1. The molecule has 0 heterocycles. The van der Waals surface area contributed by atoms with Gasteiger partial charge in [-0.05, 0) is 12.8 Å². The summed E-state index contributed by atoms with van der Waals surface area (Å²) in [5, 5.41) is 30.1. The van der Waals surface area contributed by atoms with Crippen LogP contribution in [0.15, 0.2) is 0 Å². The van der Waals surface area contributed by atoms with E-state index in [2.05, 4.69) is 0 Å². The van der Waals surface area contributed by atoms with Crippen LogP contribution < -0.4 is 0 Å². The highest BCUT2D eigenvalue weighted by molar-refractivity contribution is 4.62. The molecule has 0 spiro atoms. The van der Waals surface area contributed by atoms with Crippen LogP contribution in [0.2, 0.25) is 0 Å². The van der Waals surface area contributed by atoms with E-state index in [0.717, 1.165) is 19.3 Å². The number of aliphatic hydroxyl groups is 1. The first-order chi connectivity index (χ1) is 7.97. The molecule has 17 heavy (non-hydrogen) atoms. The van der Waals surface area contributed by atoms with Gasteiger partial charge in [0.15, 0.2) is 0 Å². The fraction of sp³-hybridized carbons (Fsp3) is 1.00. The Balaban J connectivity index is 3.91. The molecule has 0 radical (unpaired) electrons. The van der Waals surface area contributed by atoms with Gasteiger partial charge in [-0.3, -0.25) is 20.2 Å². The van der Waals surface area contributed by atoms with E-state index in [4.69, 9.17) is 0 Å². The SMILES string of the molecule is CCCCCC(CCC(O)C[N+](=O)[O-])[N+](=O)[O-]. The van der Waals surface area contributed by atoms with Crippen LogP contribution in [0.1, 0.15) is 45.4 Å². The van der Waals surface area contributed by atoms with Crippen molar-refractivity contribution in [2.45, 2.75) is 57.6 Å². The second kappa shape index (κ2) is 8.86. The number of hydrogen-bond acceptors (Lipinski definition) is 5. The van der Waals surface area contributed by atoms with E-state index in [1.54, 1.807) is 0 Å². The summed E-state index contributed by atoms with van der Waals surface area (Å²) in [7, 11) is 0. The molecule has 0 saturated carbocycles. The fourth-order valence-electron chi connectivity index (χ4n) is 1.63. The third kappa shape index (κ3) is 8.56. The van der Waals surface area contributed by atoms with Gasteiger partial charge in [0.25, 0.3) is 0 Å². The molecule has 100 valence electrons. The molecule has 0 rings (SSSR count). The molecule has 0 aliphatic carbocycles. The highest BCUT2D eigenvalue weighted by Crippen LogP contribution is 2.13. The highest BCUT2D eigenvalue weighted by Gasteiger charge is 2.22. The maximum atomic E-state index is 10.7. The van der Waals surface area contributed by atoms with Gasteiger partial charge in [-0.2, -0.15) is 0 Å². The van der Waals surface area contributed by atoms with Crippen LogP contribution in [0.25, 0.3) is 0 Å². The van der Waals surface area contributed by atoms with Gasteiger partial charge in [0.2, 0.25) is 12.6 Å². The van der Waals surface area contributed by atoms with Gasteiger partial charge in [0, 0.05) is 22.7 Å². The van der Waals surface area contributed by atoms with E-state index in [0.29, 0.717) is 6.42 Å². The summed E-state index contributed by atoms with van der Waals surface area (Å²) in [6.07, 6.45) is 2.43. The van der Waals surface area contributed by atoms with Crippen LogP contribution >= 0.6 is 0 Å². The Labute approximate surface area is 100 Å². The molecule has 2 unspecified atom stereocenters. The summed E-state index contributed by atoms with van der Waals surface area (Å²) in [6, 6.07) is -0.692. The van der Waals surface area contributed by atoms with Crippen LogP contribution in [0.4, 0.5) is 0 Å². The summed E-state index contributed by atoms with van der Waals surface area (Å²) in [4.78, 5) is 19.9. The Hall–Kier alpha value is -1.24. The topological polar surface area (TPSA) is 107 Å². The largest absolute Gasteiger partial charge is 0.386 e. The molecule has 0 aromatic heterocycles. The molecule has 0 amide bonds. The Morgan fingerprint density at radius 2 is 1.76 bits per heavy atom. The normalized spacial score (nSPS) is 14.2. The molecule has 0 fully saturated rings. The Kier molecular flexibility index (Phi) is 8.21. The maximum Gasteiger partial charge on any atom is 0.229 e. The molecule has 0 saturated heterocycles. The molecular weight excluding hydrogens is 228 g/mol. The lowest BCUT2D eigenvalue weighted by atomic mass is 10.0. The third-order valence-corrected chi connectivity index (χ3v) is 2.63. The first kappa shape index (κ1) is 15.8. The van der Waals surface area contributed by atoms with E-state index < -0.39 is 23.6 Å². The molecule has 7 nitrogen and oxygen atoms in total. The number of nitro groups is 2. The minimum absolute atomic E-state index is 0.110. The van der Waals surface area contributed by atoms with Gasteiger partial charge in [-0.25, -0.2) is 0 Å². The zero-order valence-corrected chi connectivity index (χ0v) is 10.1. The molecule has 0 aliphatic heterocycles. The number of rotatable bonds is 10. The minimum atomic E-state index is -1.08. The van der Waals surface area contributed by atoms with Crippen LogP contribution in [-0.4, -0.2) is 33.6 Å². The van der Waals surface area contributed by atoms with Crippen molar-refractivity contribution in [1.29, 1.82) is 0 Å². The van der Waals surface area contributed by atoms with Crippen molar-refractivity contribution < 1.29 is 15.0 Å². The summed E-state index contributed by atoms with van der Waals surface area (Å²) in [5.74, 6) is 0. The van der Waals surface area contributed by atoms with Crippen molar-refractivity contribution in [3.8, 4) is 0 Å². The molecule has 7 heteroatoms. The van der Waals surface area contributed by atoms with Crippen molar-refractivity contribution in [3.05, 3.63) is 20.2 Å². The van der Waals surface area contributed by atoms with Gasteiger partial charge in [-0.1, -0.05) is 19.8 Å². The molecule has 0 aromatic rings. The summed E-state index contributed by atoms with van der Waals surface area (Å²) in [6.45, 7) is 1.47. The Bertz CT molecular complexity index is 247. The van der Waals surface area contributed by atoms with Gasteiger partial charge in [-0.15, -0.1) is 0 Å². The quantitative estimate of drug-likeness (QED) is 0.359. The van der Waals surface area contributed by atoms with Gasteiger partial charge >= 0.3 is 0 Å². The lowest BCUT2D eigenvalue weighted by Gasteiger charge is -2.10. The average Bonchev–Trinajstić information content (AvgIpc) is 2.21. The first-order valence-electron chi connectivity index (χ1n) is 5.90. The van der Waals surface area contributed by atoms with Gasteiger partial charge in [0.05, 0.1) is 0 Å². The number of hydrogen-bond donors (Lipinski definition) is 1. The van der Waals surface area contributed by atoms with Crippen molar-refractivity contribution in [3.63, 3.8) is 0 Å². The van der Waals surface area contributed by atoms with Gasteiger partial charge in [0.1, 0.15) is 6.10 Å². The van der Waals surface area contributed by atoms with Gasteiger partial charge < -0.3 is 5.11 Å². The summed E-state index contributed by atoms with van der Waals surface area (Å²) < 4.78 is 0. The number of nitrogens with zero attached hydrogens (tertiary/aromatic N) is 2. The monoisotopic (exact) mass is 248 g/mol. The predicted octanol–water partition coefficient (Wildman–Crippen LogP) is 1.63. The van der Waals surface area contributed by atoms with E-state index >= 15 is 0 Å². The van der Waals surface area contributed by atoms with Crippen molar-refractivity contribution in [1.82, 2.24) is 0 Å². The van der Waals surface area contributed by atoms with E-state index in [1.807, 2.05) is 6.92 Å². The third-order valence-electron chi connectivity index (χ3n) is 2.63. The first-order valence-corrected chi connectivity index (χ1v) is 5.90. The predicted molar refractivity (Wildman–Crippen MR) is 62.0 cm³/mol. The molecular formula is C10H20N2O5. The van der Waals surface area contributed by atoms with E-state index in [9.17, 15) is 25.3 Å². The highest BCUT2D eigenvalue weighted by atomic mass is 16.6. The van der Waals surface area contributed by atoms with Crippen molar-refractivity contribution >= 4 is 0 Å². The van der Waals surface area contributed by atoms with Crippen LogP contribution in [0, 0.1) is 20.2 Å². The molecule has 2 atom stereocenters. The van der Waals surface area contributed by atoms with Crippen molar-refractivity contribution in [2.75, 3.05) is 6.54 Å². The Morgan fingerprint density at radius 1 is 1.12 bits per heavy atom. The second-order valence-electron chi connectivity index (χ2n) is 4.18. The summed E-state index contributed by atoms with van der Waals surface area (Å²) >= 11 is 0. The zero-order valence-electron chi connectivity index (χ0n) is 10.1. The molecule has 0 bridgehead atoms. The van der Waals surface area contributed by atoms with Crippen LogP contribution in [0.5, 0.6) is 0 Å². The minimum Gasteiger partial charge on any atom is -0.386 e.